The van der Waals surface area contributed by atoms with E-state index in [-0.39, 0.29) is 6.61 Å². The number of fused-ring (bicyclic) bond motifs is 1. The Morgan fingerprint density at radius 2 is 1.97 bits per heavy atom. The number of ether oxygens (including phenoxy) is 1. The number of hydrogen-bond donors (Lipinski definition) is 1. The largest absolute Gasteiger partial charge is 0.481 e. The van der Waals surface area contributed by atoms with E-state index in [1.54, 1.807) is 42.6 Å². The van der Waals surface area contributed by atoms with Gasteiger partial charge in [-0.3, -0.25) is 9.78 Å². The Balaban J connectivity index is 1.34. The summed E-state index contributed by atoms with van der Waals surface area (Å²) < 4.78 is 11.3. The van der Waals surface area contributed by atoms with E-state index in [1.807, 2.05) is 24.3 Å². The zero-order valence-electron chi connectivity index (χ0n) is 15.5. The summed E-state index contributed by atoms with van der Waals surface area (Å²) in [4.78, 5) is 16.3. The van der Waals surface area contributed by atoms with Gasteiger partial charge < -0.3 is 9.15 Å². The first-order valence-electron chi connectivity index (χ1n) is 8.94. The van der Waals surface area contributed by atoms with E-state index >= 15 is 0 Å². The van der Waals surface area contributed by atoms with Crippen molar-refractivity contribution >= 4 is 46.2 Å². The molecule has 4 aromatic rings. The summed E-state index contributed by atoms with van der Waals surface area (Å²) in [6, 6.07) is 18.0. The lowest BCUT2D eigenvalue weighted by molar-refractivity contribution is -0.123. The summed E-state index contributed by atoms with van der Waals surface area (Å²) in [7, 11) is 0. The lowest BCUT2D eigenvalue weighted by atomic mass is 10.2. The predicted octanol–water partition coefficient (Wildman–Crippen LogP) is 5.33. The first kappa shape index (κ1) is 19.9. The van der Waals surface area contributed by atoms with Gasteiger partial charge in [-0.15, -0.1) is 0 Å². The second-order valence-corrected chi connectivity index (χ2v) is 7.06. The minimum absolute atomic E-state index is 0.195. The van der Waals surface area contributed by atoms with Crippen LogP contribution in [0.5, 0.6) is 5.75 Å². The van der Waals surface area contributed by atoms with Crippen molar-refractivity contribution in [3.63, 3.8) is 0 Å². The van der Waals surface area contributed by atoms with Crippen LogP contribution >= 0.6 is 23.2 Å². The highest BCUT2D eigenvalue weighted by Crippen LogP contribution is 2.29. The number of halogens is 2. The van der Waals surface area contributed by atoms with Gasteiger partial charge in [-0.1, -0.05) is 41.4 Å². The second-order valence-electron chi connectivity index (χ2n) is 6.24. The molecule has 30 heavy (non-hydrogen) atoms. The van der Waals surface area contributed by atoms with Gasteiger partial charge in [-0.2, -0.15) is 5.10 Å². The molecule has 8 heteroatoms. The summed E-state index contributed by atoms with van der Waals surface area (Å²) in [6.45, 7) is -0.195. The van der Waals surface area contributed by atoms with Gasteiger partial charge in [0, 0.05) is 17.1 Å². The summed E-state index contributed by atoms with van der Waals surface area (Å²) in [5, 5.41) is 5.74. The number of amides is 1. The summed E-state index contributed by atoms with van der Waals surface area (Å²) in [5.41, 5.74) is 3.88. The molecule has 6 nitrogen and oxygen atoms in total. The maximum Gasteiger partial charge on any atom is 0.277 e. The fraction of sp³-hybridized carbons (Fsp3) is 0.0455. The molecule has 0 aliphatic carbocycles. The third kappa shape index (κ3) is 4.62. The van der Waals surface area contributed by atoms with Crippen LogP contribution in [0.25, 0.3) is 22.2 Å². The van der Waals surface area contributed by atoms with Crippen LogP contribution in [-0.2, 0) is 4.79 Å². The molecular weight excluding hydrogens is 425 g/mol. The van der Waals surface area contributed by atoms with Crippen molar-refractivity contribution in [2.75, 3.05) is 6.61 Å². The third-order valence-electron chi connectivity index (χ3n) is 4.17. The molecule has 2 aromatic carbocycles. The highest BCUT2D eigenvalue weighted by atomic mass is 35.5. The van der Waals surface area contributed by atoms with E-state index in [0.29, 0.717) is 32.8 Å². The molecule has 1 N–H and O–H groups in total. The van der Waals surface area contributed by atoms with Crippen molar-refractivity contribution in [1.29, 1.82) is 0 Å². The van der Waals surface area contributed by atoms with Gasteiger partial charge in [-0.25, -0.2) is 5.43 Å². The molecule has 1 amide bonds. The number of furan rings is 1. The van der Waals surface area contributed by atoms with Crippen LogP contribution in [0.4, 0.5) is 0 Å². The van der Waals surface area contributed by atoms with E-state index in [4.69, 9.17) is 32.4 Å². The molecule has 4 rings (SSSR count). The standard InChI is InChI=1S/C22H15Cl2N3O3/c23-17-8-6-15(11-18(17)24)19-9-7-16(30-19)12-26-27-21(28)13-29-20-5-1-3-14-4-2-10-25-22(14)20/h1-12H,13H2,(H,27,28)/b26-12-. The Bertz CT molecular complexity index is 1230. The van der Waals surface area contributed by atoms with Gasteiger partial charge in [-0.05, 0) is 42.5 Å². The third-order valence-corrected chi connectivity index (χ3v) is 4.91. The molecule has 150 valence electrons. The lowest BCUT2D eigenvalue weighted by Crippen LogP contribution is -2.24. The Hall–Kier alpha value is -3.35. The Labute approximate surface area is 182 Å². The highest BCUT2D eigenvalue weighted by Gasteiger charge is 2.08. The SMILES string of the molecule is O=C(COc1cccc2cccnc12)N/N=C\c1ccc(-c2ccc(Cl)c(Cl)c2)o1. The van der Waals surface area contributed by atoms with Crippen LogP contribution in [0.1, 0.15) is 5.76 Å². The van der Waals surface area contributed by atoms with Crippen molar-refractivity contribution in [3.8, 4) is 17.1 Å². The van der Waals surface area contributed by atoms with Gasteiger partial charge in [0.05, 0.1) is 16.3 Å². The maximum absolute atomic E-state index is 12.0. The van der Waals surface area contributed by atoms with Crippen LogP contribution in [0, 0.1) is 0 Å². The number of pyridine rings is 1. The Kier molecular flexibility index (Phi) is 5.97. The number of carbonyl (C=O) groups is 1. The number of rotatable bonds is 6. The van der Waals surface area contributed by atoms with Crippen LogP contribution in [0.2, 0.25) is 10.0 Å². The minimum atomic E-state index is -0.407. The molecule has 0 aliphatic heterocycles. The molecule has 0 bridgehead atoms. The molecule has 2 aromatic heterocycles. The van der Waals surface area contributed by atoms with Gasteiger partial charge in [0.25, 0.3) is 5.91 Å². The molecule has 0 saturated carbocycles. The molecule has 0 radical (unpaired) electrons. The fourth-order valence-electron chi connectivity index (χ4n) is 2.76. The van der Waals surface area contributed by atoms with Crippen molar-refractivity contribution in [3.05, 3.63) is 82.7 Å². The number of nitrogens with zero attached hydrogens (tertiary/aromatic N) is 2. The molecule has 2 heterocycles. The molecule has 0 unspecified atom stereocenters. The van der Waals surface area contributed by atoms with Gasteiger partial charge in [0.15, 0.2) is 6.61 Å². The average molecular weight is 440 g/mol. The van der Waals surface area contributed by atoms with Crippen LogP contribution in [-0.4, -0.2) is 23.7 Å². The Morgan fingerprint density at radius 3 is 2.83 bits per heavy atom. The lowest BCUT2D eigenvalue weighted by Gasteiger charge is -2.07. The quantitative estimate of drug-likeness (QED) is 0.325. The van der Waals surface area contributed by atoms with E-state index in [0.717, 1.165) is 10.9 Å². The fourth-order valence-corrected chi connectivity index (χ4v) is 3.06. The Morgan fingerprint density at radius 1 is 1.10 bits per heavy atom. The zero-order valence-corrected chi connectivity index (χ0v) is 17.0. The minimum Gasteiger partial charge on any atom is -0.481 e. The molecule has 0 fully saturated rings. The smallest absolute Gasteiger partial charge is 0.277 e. The average Bonchev–Trinajstić information content (AvgIpc) is 3.23. The molecule has 0 saturated heterocycles. The number of aromatic nitrogens is 1. The maximum atomic E-state index is 12.0. The van der Waals surface area contributed by atoms with Crippen LogP contribution < -0.4 is 10.2 Å². The number of hydrazone groups is 1. The van der Waals surface area contributed by atoms with Crippen molar-refractivity contribution < 1.29 is 13.9 Å². The normalized spacial score (nSPS) is 11.1. The first-order chi connectivity index (χ1) is 14.6. The molecular formula is C22H15Cl2N3O3. The number of carbonyl (C=O) groups excluding carboxylic acids is 1. The predicted molar refractivity (Wildman–Crippen MR) is 117 cm³/mol. The van der Waals surface area contributed by atoms with Crippen molar-refractivity contribution in [2.24, 2.45) is 5.10 Å². The number of nitrogens with one attached hydrogen (secondary N) is 1. The van der Waals surface area contributed by atoms with Gasteiger partial charge in [0.1, 0.15) is 22.8 Å². The van der Waals surface area contributed by atoms with Crippen molar-refractivity contribution in [1.82, 2.24) is 10.4 Å². The van der Waals surface area contributed by atoms with Crippen molar-refractivity contribution in [2.45, 2.75) is 0 Å². The van der Waals surface area contributed by atoms with E-state index in [2.05, 4.69) is 15.5 Å². The van der Waals surface area contributed by atoms with Crippen LogP contribution in [0.15, 0.2) is 76.4 Å². The summed E-state index contributed by atoms with van der Waals surface area (Å²) in [6.07, 6.45) is 3.08. The number of hydrogen-bond acceptors (Lipinski definition) is 5. The van der Waals surface area contributed by atoms with Gasteiger partial charge in [0.2, 0.25) is 0 Å². The number of para-hydroxylation sites is 1. The summed E-state index contributed by atoms with van der Waals surface area (Å²) in [5.74, 6) is 1.20. The summed E-state index contributed by atoms with van der Waals surface area (Å²) >= 11 is 12.0. The highest BCUT2D eigenvalue weighted by molar-refractivity contribution is 6.42. The molecule has 0 aliphatic rings. The topological polar surface area (TPSA) is 76.7 Å². The molecule has 0 atom stereocenters. The number of benzene rings is 2. The monoisotopic (exact) mass is 439 g/mol. The second kappa shape index (κ2) is 8.98. The first-order valence-corrected chi connectivity index (χ1v) is 9.69. The van der Waals surface area contributed by atoms with E-state index in [9.17, 15) is 4.79 Å². The zero-order chi connectivity index (χ0) is 20.9. The van der Waals surface area contributed by atoms with E-state index < -0.39 is 5.91 Å². The van der Waals surface area contributed by atoms with E-state index in [1.165, 1.54) is 6.21 Å². The molecule has 0 spiro atoms. The van der Waals surface area contributed by atoms with Gasteiger partial charge >= 0.3 is 0 Å². The van der Waals surface area contributed by atoms with Crippen LogP contribution in [0.3, 0.4) is 0 Å².